The summed E-state index contributed by atoms with van der Waals surface area (Å²) >= 11 is 0. The number of hydrogen-bond donors (Lipinski definition) is 2. The first kappa shape index (κ1) is 10.4. The Bertz CT molecular complexity index is 550. The van der Waals surface area contributed by atoms with Gasteiger partial charge in [-0.3, -0.25) is 4.40 Å². The van der Waals surface area contributed by atoms with Gasteiger partial charge in [0.2, 0.25) is 0 Å². The fourth-order valence-corrected chi connectivity index (χ4v) is 3.45. The van der Waals surface area contributed by atoms with Crippen LogP contribution in [0.2, 0.25) is 0 Å². The number of nitrogens with one attached hydrogen (secondary N) is 2. The third kappa shape index (κ3) is 1.68. The van der Waals surface area contributed by atoms with Gasteiger partial charge in [-0.2, -0.15) is 0 Å². The Kier molecular flexibility index (Phi) is 2.30. The molecule has 4 heterocycles. The van der Waals surface area contributed by atoms with Crippen molar-refractivity contribution in [3.8, 4) is 0 Å². The highest BCUT2D eigenvalue weighted by atomic mass is 15.1. The van der Waals surface area contributed by atoms with E-state index in [1.165, 1.54) is 25.7 Å². The van der Waals surface area contributed by atoms with E-state index in [1.807, 2.05) is 18.5 Å². The Morgan fingerprint density at radius 2 is 2.06 bits per heavy atom. The number of piperidine rings is 1. The van der Waals surface area contributed by atoms with Gasteiger partial charge in [-0.15, -0.1) is 0 Å². The fraction of sp³-hybridized carbons (Fsp3) is 0.500. The summed E-state index contributed by atoms with van der Waals surface area (Å²) in [6, 6.07) is 8.29. The predicted molar refractivity (Wildman–Crippen MR) is 71.8 cm³/mol. The molecule has 0 saturated carbocycles. The highest BCUT2D eigenvalue weighted by Crippen LogP contribution is 2.28. The van der Waals surface area contributed by atoms with Gasteiger partial charge in [-0.1, -0.05) is 6.07 Å². The molecule has 4 nitrogen and oxygen atoms in total. The standard InChI is InChI=1S/C14H18N4/c1-2-13-15-6-7-18(13)14(3-1)17-12-8-10-4-5-11(9-12)16-10/h1-3,6-7,10-12,16-17H,4-5,8-9H2. The third-order valence-electron chi connectivity index (χ3n) is 4.25. The molecule has 4 rings (SSSR count). The summed E-state index contributed by atoms with van der Waals surface area (Å²) in [5, 5.41) is 7.37. The van der Waals surface area contributed by atoms with Crippen LogP contribution in [0.25, 0.3) is 5.65 Å². The van der Waals surface area contributed by atoms with Gasteiger partial charge in [-0.25, -0.2) is 4.98 Å². The Morgan fingerprint density at radius 3 is 2.89 bits per heavy atom. The van der Waals surface area contributed by atoms with Crippen molar-refractivity contribution in [3.05, 3.63) is 30.6 Å². The third-order valence-corrected chi connectivity index (χ3v) is 4.25. The molecule has 2 unspecified atom stereocenters. The van der Waals surface area contributed by atoms with Gasteiger partial charge in [0.25, 0.3) is 0 Å². The zero-order valence-electron chi connectivity index (χ0n) is 10.3. The van der Waals surface area contributed by atoms with Gasteiger partial charge in [0.05, 0.1) is 0 Å². The Hall–Kier alpha value is -1.55. The van der Waals surface area contributed by atoms with E-state index in [9.17, 15) is 0 Å². The van der Waals surface area contributed by atoms with Crippen LogP contribution < -0.4 is 10.6 Å². The lowest BCUT2D eigenvalue weighted by Gasteiger charge is -2.30. The lowest BCUT2D eigenvalue weighted by atomic mass is 10.00. The van der Waals surface area contributed by atoms with Crippen molar-refractivity contribution in [2.24, 2.45) is 0 Å². The van der Waals surface area contributed by atoms with Crippen LogP contribution in [-0.2, 0) is 0 Å². The molecule has 0 amide bonds. The minimum Gasteiger partial charge on any atom is -0.368 e. The monoisotopic (exact) mass is 242 g/mol. The normalized spacial score (nSPS) is 30.8. The molecule has 0 aromatic carbocycles. The first-order chi connectivity index (χ1) is 8.88. The lowest BCUT2D eigenvalue weighted by molar-refractivity contribution is 0.377. The van der Waals surface area contributed by atoms with E-state index in [-0.39, 0.29) is 0 Å². The molecule has 2 aliphatic rings. The van der Waals surface area contributed by atoms with E-state index < -0.39 is 0 Å². The Morgan fingerprint density at radius 1 is 1.22 bits per heavy atom. The maximum atomic E-state index is 4.33. The maximum Gasteiger partial charge on any atom is 0.138 e. The van der Waals surface area contributed by atoms with Crippen LogP contribution in [0.3, 0.4) is 0 Å². The van der Waals surface area contributed by atoms with Gasteiger partial charge in [0.1, 0.15) is 11.5 Å². The van der Waals surface area contributed by atoms with E-state index in [0.717, 1.165) is 23.5 Å². The molecular formula is C14H18N4. The van der Waals surface area contributed by atoms with Gasteiger partial charge in [0, 0.05) is 30.5 Å². The van der Waals surface area contributed by atoms with Gasteiger partial charge in [-0.05, 0) is 37.8 Å². The lowest BCUT2D eigenvalue weighted by Crippen LogP contribution is -2.43. The molecule has 2 N–H and O–H groups in total. The van der Waals surface area contributed by atoms with Crippen LogP contribution in [0.1, 0.15) is 25.7 Å². The van der Waals surface area contributed by atoms with Crippen LogP contribution in [0.15, 0.2) is 30.6 Å². The van der Waals surface area contributed by atoms with Crippen molar-refractivity contribution in [2.75, 3.05) is 5.32 Å². The first-order valence-electron chi connectivity index (χ1n) is 6.83. The molecule has 94 valence electrons. The number of rotatable bonds is 2. The molecule has 2 fully saturated rings. The molecule has 0 radical (unpaired) electrons. The van der Waals surface area contributed by atoms with Crippen molar-refractivity contribution in [3.63, 3.8) is 0 Å². The van der Waals surface area contributed by atoms with Crippen LogP contribution in [-0.4, -0.2) is 27.5 Å². The van der Waals surface area contributed by atoms with Gasteiger partial charge in [0.15, 0.2) is 0 Å². The number of nitrogens with zero attached hydrogens (tertiary/aromatic N) is 2. The zero-order chi connectivity index (χ0) is 11.9. The molecule has 18 heavy (non-hydrogen) atoms. The topological polar surface area (TPSA) is 41.4 Å². The van der Waals surface area contributed by atoms with Crippen molar-refractivity contribution in [2.45, 2.75) is 43.8 Å². The summed E-state index contributed by atoms with van der Waals surface area (Å²) in [4.78, 5) is 4.33. The second-order valence-electron chi connectivity index (χ2n) is 5.52. The van der Waals surface area contributed by atoms with Gasteiger partial charge < -0.3 is 10.6 Å². The molecule has 2 bridgehead atoms. The van der Waals surface area contributed by atoms with Crippen LogP contribution in [0.5, 0.6) is 0 Å². The molecule has 2 saturated heterocycles. The quantitative estimate of drug-likeness (QED) is 0.846. The number of imidazole rings is 1. The minimum atomic E-state index is 0.594. The van der Waals surface area contributed by atoms with E-state index in [1.54, 1.807) is 0 Å². The summed E-state index contributed by atoms with van der Waals surface area (Å²) in [6.45, 7) is 0. The maximum absolute atomic E-state index is 4.33. The zero-order valence-corrected chi connectivity index (χ0v) is 10.3. The number of fused-ring (bicyclic) bond motifs is 3. The summed E-state index contributed by atoms with van der Waals surface area (Å²) in [7, 11) is 0. The molecule has 0 spiro atoms. The molecule has 0 aliphatic carbocycles. The number of pyridine rings is 1. The predicted octanol–water partition coefficient (Wildman–Crippen LogP) is 2.03. The summed E-state index contributed by atoms with van der Waals surface area (Å²) in [5.74, 6) is 1.16. The average molecular weight is 242 g/mol. The van der Waals surface area contributed by atoms with Gasteiger partial charge >= 0.3 is 0 Å². The van der Waals surface area contributed by atoms with E-state index in [2.05, 4.69) is 32.2 Å². The number of anilines is 1. The molecule has 4 heteroatoms. The molecule has 2 aliphatic heterocycles. The molecule has 2 atom stereocenters. The second-order valence-corrected chi connectivity index (χ2v) is 5.52. The summed E-state index contributed by atoms with van der Waals surface area (Å²) < 4.78 is 2.13. The first-order valence-corrected chi connectivity index (χ1v) is 6.83. The Labute approximate surface area is 106 Å². The number of aromatic nitrogens is 2. The van der Waals surface area contributed by atoms with Crippen molar-refractivity contribution in [1.29, 1.82) is 0 Å². The number of hydrogen-bond acceptors (Lipinski definition) is 3. The smallest absolute Gasteiger partial charge is 0.138 e. The highest BCUT2D eigenvalue weighted by Gasteiger charge is 2.33. The van der Waals surface area contributed by atoms with E-state index >= 15 is 0 Å². The van der Waals surface area contributed by atoms with Crippen LogP contribution >= 0.6 is 0 Å². The van der Waals surface area contributed by atoms with Crippen molar-refractivity contribution < 1.29 is 0 Å². The van der Waals surface area contributed by atoms with E-state index in [4.69, 9.17) is 0 Å². The SMILES string of the molecule is c1cc(NC2CC3CCC(C2)N3)n2ccnc2c1. The van der Waals surface area contributed by atoms with Crippen molar-refractivity contribution in [1.82, 2.24) is 14.7 Å². The molecular weight excluding hydrogens is 224 g/mol. The average Bonchev–Trinajstić information content (AvgIpc) is 2.97. The Balaban J connectivity index is 1.59. The fourth-order valence-electron chi connectivity index (χ4n) is 3.45. The minimum absolute atomic E-state index is 0.594. The molecule has 2 aromatic rings. The second kappa shape index (κ2) is 3.99. The van der Waals surface area contributed by atoms with E-state index in [0.29, 0.717) is 6.04 Å². The molecule has 2 aromatic heterocycles. The van der Waals surface area contributed by atoms with Crippen LogP contribution in [0, 0.1) is 0 Å². The van der Waals surface area contributed by atoms with Crippen molar-refractivity contribution >= 4 is 11.5 Å². The largest absolute Gasteiger partial charge is 0.368 e. The summed E-state index contributed by atoms with van der Waals surface area (Å²) in [6.07, 6.45) is 9.04. The highest BCUT2D eigenvalue weighted by molar-refractivity contribution is 5.50. The summed E-state index contributed by atoms with van der Waals surface area (Å²) in [5.41, 5.74) is 1.01. The van der Waals surface area contributed by atoms with Crippen LogP contribution in [0.4, 0.5) is 5.82 Å².